The normalized spacial score (nSPS) is 24.2. The van der Waals surface area contributed by atoms with Gasteiger partial charge in [0.2, 0.25) is 0 Å². The molecule has 2 saturated heterocycles. The highest BCUT2D eigenvalue weighted by Gasteiger charge is 2.42. The molecule has 1 unspecified atom stereocenters. The van der Waals surface area contributed by atoms with Gasteiger partial charge in [0.15, 0.2) is 5.79 Å². The summed E-state index contributed by atoms with van der Waals surface area (Å²) in [5.74, 6) is -3.87. The average Bonchev–Trinajstić information content (AvgIpc) is 3.12. The van der Waals surface area contributed by atoms with Crippen LogP contribution in [0.2, 0.25) is 0 Å². The number of rotatable bonds is 4. The summed E-state index contributed by atoms with van der Waals surface area (Å²) >= 11 is 0. The van der Waals surface area contributed by atoms with Crippen LogP contribution in [0, 0.1) is 0 Å². The Labute approximate surface area is 177 Å². The van der Waals surface area contributed by atoms with Gasteiger partial charge in [-0.3, -0.25) is 9.80 Å². The Hall–Kier alpha value is -2.00. The number of carbonyl (C=O) groups is 2. The lowest BCUT2D eigenvalue weighted by atomic mass is 9.94. The zero-order valence-corrected chi connectivity index (χ0v) is 17.4. The summed E-state index contributed by atoms with van der Waals surface area (Å²) in [4.78, 5) is 23.3. The summed E-state index contributed by atoms with van der Waals surface area (Å²) in [5.41, 5.74) is 1.41. The maximum absolute atomic E-state index is 9.10. The fourth-order valence-corrected chi connectivity index (χ4v) is 4.32. The standard InChI is InChI=1S/C20H30N2O2.C2H2O4/c1-3-7-18(8-4-1)15-21-11-13-22(14-12-21)16-19-17-23-20(24-19)9-5-2-6-10-20;3-1(4)2(5)6/h1,3-4,7-8,19H,2,5-6,9-17H2;(H,3,4)(H,5,6). The van der Waals surface area contributed by atoms with Crippen molar-refractivity contribution < 1.29 is 29.3 Å². The second kappa shape index (κ2) is 10.9. The molecule has 1 aromatic carbocycles. The van der Waals surface area contributed by atoms with E-state index in [2.05, 4.69) is 40.1 Å². The molecular formula is C22H32N2O6. The Morgan fingerprint density at radius 3 is 2.13 bits per heavy atom. The molecule has 8 nitrogen and oxygen atoms in total. The van der Waals surface area contributed by atoms with Crippen LogP contribution in [0.25, 0.3) is 0 Å². The van der Waals surface area contributed by atoms with Crippen LogP contribution in [0.4, 0.5) is 0 Å². The molecule has 166 valence electrons. The highest BCUT2D eigenvalue weighted by Crippen LogP contribution is 2.37. The van der Waals surface area contributed by atoms with E-state index in [4.69, 9.17) is 29.3 Å². The average molecular weight is 421 g/mol. The van der Waals surface area contributed by atoms with Crippen LogP contribution in [-0.4, -0.2) is 83.2 Å². The van der Waals surface area contributed by atoms with E-state index < -0.39 is 11.9 Å². The van der Waals surface area contributed by atoms with Gasteiger partial charge in [-0.15, -0.1) is 0 Å². The van der Waals surface area contributed by atoms with Crippen molar-refractivity contribution in [3.8, 4) is 0 Å². The van der Waals surface area contributed by atoms with Crippen LogP contribution in [-0.2, 0) is 25.6 Å². The summed E-state index contributed by atoms with van der Waals surface area (Å²) < 4.78 is 12.4. The number of ether oxygens (including phenoxy) is 2. The van der Waals surface area contributed by atoms with Crippen LogP contribution >= 0.6 is 0 Å². The number of hydrogen-bond donors (Lipinski definition) is 2. The second-order valence-corrected chi connectivity index (χ2v) is 8.19. The number of aliphatic carboxylic acids is 2. The van der Waals surface area contributed by atoms with Crippen LogP contribution in [0.5, 0.6) is 0 Å². The van der Waals surface area contributed by atoms with Crippen molar-refractivity contribution in [3.05, 3.63) is 35.9 Å². The van der Waals surface area contributed by atoms with E-state index in [1.807, 2.05) is 0 Å². The third-order valence-electron chi connectivity index (χ3n) is 5.89. The van der Waals surface area contributed by atoms with Gasteiger partial charge in [-0.2, -0.15) is 0 Å². The summed E-state index contributed by atoms with van der Waals surface area (Å²) in [5, 5.41) is 14.8. The molecule has 1 saturated carbocycles. The van der Waals surface area contributed by atoms with Crippen molar-refractivity contribution in [2.75, 3.05) is 39.3 Å². The van der Waals surface area contributed by atoms with Gasteiger partial charge in [0.1, 0.15) is 0 Å². The molecule has 0 radical (unpaired) electrons. The molecule has 3 fully saturated rings. The van der Waals surface area contributed by atoms with Gasteiger partial charge in [0, 0.05) is 52.1 Å². The summed E-state index contributed by atoms with van der Waals surface area (Å²) in [6, 6.07) is 10.8. The number of nitrogens with zero attached hydrogens (tertiary/aromatic N) is 2. The first-order valence-corrected chi connectivity index (χ1v) is 10.7. The molecule has 1 aliphatic carbocycles. The molecule has 2 N–H and O–H groups in total. The minimum Gasteiger partial charge on any atom is -0.473 e. The minimum atomic E-state index is -1.82. The molecule has 3 aliphatic rings. The fourth-order valence-electron chi connectivity index (χ4n) is 4.32. The minimum absolute atomic E-state index is 0.224. The maximum atomic E-state index is 9.10. The quantitative estimate of drug-likeness (QED) is 0.714. The molecule has 0 aromatic heterocycles. The largest absolute Gasteiger partial charge is 0.473 e. The van der Waals surface area contributed by atoms with E-state index in [1.165, 1.54) is 24.8 Å². The van der Waals surface area contributed by atoms with Gasteiger partial charge >= 0.3 is 11.9 Å². The number of carboxylic acids is 2. The topological polar surface area (TPSA) is 99.5 Å². The molecule has 0 bridgehead atoms. The zero-order valence-electron chi connectivity index (χ0n) is 17.4. The van der Waals surface area contributed by atoms with Crippen LogP contribution in [0.1, 0.15) is 37.7 Å². The van der Waals surface area contributed by atoms with Crippen molar-refractivity contribution in [2.45, 2.75) is 50.5 Å². The molecule has 1 spiro atoms. The second-order valence-electron chi connectivity index (χ2n) is 8.19. The summed E-state index contributed by atoms with van der Waals surface area (Å²) in [6.45, 7) is 7.45. The fraction of sp³-hybridized carbons (Fsp3) is 0.636. The van der Waals surface area contributed by atoms with Crippen molar-refractivity contribution >= 4 is 11.9 Å². The van der Waals surface area contributed by atoms with Crippen LogP contribution < -0.4 is 0 Å². The SMILES string of the molecule is O=C(O)C(=O)O.c1ccc(CN2CCN(CC3COC4(CCCCC4)O3)CC2)cc1. The molecular weight excluding hydrogens is 388 g/mol. The highest BCUT2D eigenvalue weighted by atomic mass is 16.7. The lowest BCUT2D eigenvalue weighted by Gasteiger charge is -2.36. The Bertz CT molecular complexity index is 672. The summed E-state index contributed by atoms with van der Waals surface area (Å²) in [7, 11) is 0. The molecule has 1 aromatic rings. The van der Waals surface area contributed by atoms with E-state index in [9.17, 15) is 0 Å². The van der Waals surface area contributed by atoms with E-state index in [-0.39, 0.29) is 11.9 Å². The van der Waals surface area contributed by atoms with Crippen LogP contribution in [0.15, 0.2) is 30.3 Å². The van der Waals surface area contributed by atoms with Crippen molar-refractivity contribution in [1.29, 1.82) is 0 Å². The smallest absolute Gasteiger partial charge is 0.414 e. The Morgan fingerprint density at radius 2 is 1.53 bits per heavy atom. The first-order valence-electron chi connectivity index (χ1n) is 10.7. The monoisotopic (exact) mass is 420 g/mol. The molecule has 2 heterocycles. The van der Waals surface area contributed by atoms with Crippen molar-refractivity contribution in [2.24, 2.45) is 0 Å². The number of carboxylic acid groups (broad SMARTS) is 2. The summed E-state index contributed by atoms with van der Waals surface area (Å²) in [6.07, 6.45) is 6.30. The molecule has 2 aliphatic heterocycles. The van der Waals surface area contributed by atoms with E-state index >= 15 is 0 Å². The van der Waals surface area contributed by atoms with E-state index in [1.54, 1.807) is 0 Å². The Balaban J connectivity index is 0.000000377. The molecule has 0 amide bonds. The van der Waals surface area contributed by atoms with Gasteiger partial charge in [-0.1, -0.05) is 36.8 Å². The van der Waals surface area contributed by atoms with Crippen molar-refractivity contribution in [1.82, 2.24) is 9.80 Å². The number of benzene rings is 1. The van der Waals surface area contributed by atoms with Gasteiger partial charge < -0.3 is 19.7 Å². The Morgan fingerprint density at radius 1 is 0.933 bits per heavy atom. The number of hydrogen-bond acceptors (Lipinski definition) is 6. The Kier molecular flexibility index (Phi) is 8.21. The molecule has 4 rings (SSSR count). The number of piperazine rings is 1. The van der Waals surface area contributed by atoms with Gasteiger partial charge in [0.25, 0.3) is 0 Å². The molecule has 8 heteroatoms. The lowest BCUT2D eigenvalue weighted by molar-refractivity contribution is -0.188. The first kappa shape index (κ1) is 22.7. The predicted molar refractivity (Wildman–Crippen MR) is 110 cm³/mol. The third-order valence-corrected chi connectivity index (χ3v) is 5.89. The molecule has 30 heavy (non-hydrogen) atoms. The maximum Gasteiger partial charge on any atom is 0.414 e. The van der Waals surface area contributed by atoms with E-state index in [0.717, 1.165) is 58.7 Å². The van der Waals surface area contributed by atoms with Crippen LogP contribution in [0.3, 0.4) is 0 Å². The lowest BCUT2D eigenvalue weighted by Crippen LogP contribution is -2.48. The predicted octanol–water partition coefficient (Wildman–Crippen LogP) is 2.04. The first-order chi connectivity index (χ1) is 14.5. The van der Waals surface area contributed by atoms with Gasteiger partial charge in [-0.25, -0.2) is 9.59 Å². The zero-order chi connectivity index (χ0) is 21.4. The van der Waals surface area contributed by atoms with Crippen molar-refractivity contribution in [3.63, 3.8) is 0 Å². The van der Waals surface area contributed by atoms with Gasteiger partial charge in [0.05, 0.1) is 12.7 Å². The molecule has 1 atom stereocenters. The third kappa shape index (κ3) is 6.77. The highest BCUT2D eigenvalue weighted by molar-refractivity contribution is 6.27. The van der Waals surface area contributed by atoms with E-state index in [0.29, 0.717) is 0 Å². The van der Waals surface area contributed by atoms with Gasteiger partial charge in [-0.05, 0) is 18.4 Å².